The summed E-state index contributed by atoms with van der Waals surface area (Å²) in [5.74, 6) is -0.423. The van der Waals surface area contributed by atoms with Gasteiger partial charge in [0, 0.05) is 24.0 Å². The average molecular weight is 372 g/mol. The van der Waals surface area contributed by atoms with Crippen molar-refractivity contribution >= 4 is 33.5 Å². The maximum atomic E-state index is 12.5. The van der Waals surface area contributed by atoms with Crippen molar-refractivity contribution in [2.45, 2.75) is 32.2 Å². The van der Waals surface area contributed by atoms with Gasteiger partial charge in [0.2, 0.25) is 5.91 Å². The number of oxazole rings is 1. The van der Waals surface area contributed by atoms with Crippen LogP contribution in [-0.4, -0.2) is 10.5 Å². The Bertz CT molecular complexity index is 1260. The summed E-state index contributed by atoms with van der Waals surface area (Å²) in [5.41, 5.74) is 4.91. The van der Waals surface area contributed by atoms with E-state index >= 15 is 0 Å². The van der Waals surface area contributed by atoms with Gasteiger partial charge in [-0.1, -0.05) is 36.4 Å². The normalized spacial score (nSPS) is 12.7. The zero-order valence-electron chi connectivity index (χ0n) is 15.4. The number of aromatic nitrogens is 1. The predicted octanol–water partition coefficient (Wildman–Crippen LogP) is 4.27. The van der Waals surface area contributed by atoms with Crippen LogP contribution in [0.25, 0.3) is 21.9 Å². The molecule has 1 N–H and O–H groups in total. The number of hydrogen-bond acceptors (Lipinski definition) is 3. The van der Waals surface area contributed by atoms with Crippen LogP contribution >= 0.6 is 0 Å². The van der Waals surface area contributed by atoms with Gasteiger partial charge in [0.1, 0.15) is 0 Å². The van der Waals surface area contributed by atoms with E-state index in [1.54, 1.807) is 10.6 Å². The molecule has 5 nitrogen and oxygen atoms in total. The molecule has 0 spiro atoms. The predicted molar refractivity (Wildman–Crippen MR) is 110 cm³/mol. The number of nitrogens with one attached hydrogen (secondary N) is 1. The van der Waals surface area contributed by atoms with Gasteiger partial charge in [-0.15, -0.1) is 0 Å². The molecule has 0 fully saturated rings. The molecule has 1 amide bonds. The number of rotatable bonds is 5. The molecule has 140 valence electrons. The SMILES string of the molecule is O=C(CCCn1c(=O)oc2ccccc21)Nc1ccc2c3c(cccc13)CC2. The quantitative estimate of drug-likeness (QED) is 0.569. The molecular formula is C23H20N2O3. The molecule has 0 bridgehead atoms. The van der Waals surface area contributed by atoms with Crippen molar-refractivity contribution in [1.29, 1.82) is 0 Å². The van der Waals surface area contributed by atoms with Gasteiger partial charge in [0.15, 0.2) is 5.58 Å². The standard InChI is InChI=1S/C23H20N2O3/c26-21(9-4-14-25-19-7-1-2-8-20(19)28-23(25)27)24-18-13-12-16-11-10-15-5-3-6-17(18)22(15)16/h1-3,5-8,12-13H,4,9-11,14H2,(H,24,26). The van der Waals surface area contributed by atoms with Crippen molar-refractivity contribution < 1.29 is 9.21 Å². The second-order valence-corrected chi connectivity index (χ2v) is 7.25. The highest BCUT2D eigenvalue weighted by Gasteiger charge is 2.16. The molecular weight excluding hydrogens is 352 g/mol. The number of anilines is 1. The second kappa shape index (κ2) is 6.68. The number of fused-ring (bicyclic) bond motifs is 1. The van der Waals surface area contributed by atoms with E-state index in [1.807, 2.05) is 24.3 Å². The topological polar surface area (TPSA) is 64.2 Å². The van der Waals surface area contributed by atoms with Crippen LogP contribution in [0.3, 0.4) is 0 Å². The van der Waals surface area contributed by atoms with Crippen LogP contribution < -0.4 is 11.1 Å². The fourth-order valence-electron chi connectivity index (χ4n) is 4.19. The van der Waals surface area contributed by atoms with Gasteiger partial charge in [-0.25, -0.2) is 4.79 Å². The number of carbonyl (C=O) groups excluding carboxylic acids is 1. The number of para-hydroxylation sites is 2. The summed E-state index contributed by atoms with van der Waals surface area (Å²) in [7, 11) is 0. The van der Waals surface area contributed by atoms with Crippen LogP contribution in [0.15, 0.2) is 63.8 Å². The summed E-state index contributed by atoms with van der Waals surface area (Å²) in [5, 5.41) is 5.45. The van der Waals surface area contributed by atoms with Gasteiger partial charge in [-0.3, -0.25) is 9.36 Å². The third-order valence-corrected chi connectivity index (χ3v) is 5.51. The summed E-state index contributed by atoms with van der Waals surface area (Å²) < 4.78 is 6.82. The van der Waals surface area contributed by atoms with Crippen LogP contribution in [-0.2, 0) is 24.2 Å². The van der Waals surface area contributed by atoms with Crippen molar-refractivity contribution in [1.82, 2.24) is 4.57 Å². The Hall–Kier alpha value is -3.34. The maximum absolute atomic E-state index is 12.5. The number of nitrogens with zero attached hydrogens (tertiary/aromatic N) is 1. The summed E-state index contributed by atoms with van der Waals surface area (Å²) in [6.45, 7) is 0.451. The second-order valence-electron chi connectivity index (χ2n) is 7.25. The van der Waals surface area contributed by atoms with E-state index in [0.29, 0.717) is 25.0 Å². The Kier molecular flexibility index (Phi) is 4.01. The molecule has 5 rings (SSSR count). The third kappa shape index (κ3) is 2.80. The van der Waals surface area contributed by atoms with Crippen LogP contribution in [0.2, 0.25) is 0 Å². The number of hydrogen-bond donors (Lipinski definition) is 1. The summed E-state index contributed by atoms with van der Waals surface area (Å²) in [6.07, 6.45) is 3.04. The number of aryl methyl sites for hydroxylation is 3. The van der Waals surface area contributed by atoms with E-state index in [-0.39, 0.29) is 11.7 Å². The van der Waals surface area contributed by atoms with E-state index in [9.17, 15) is 9.59 Å². The number of benzene rings is 3. The molecule has 0 saturated heterocycles. The first-order valence-corrected chi connectivity index (χ1v) is 9.62. The fraction of sp³-hybridized carbons (Fsp3) is 0.217. The van der Waals surface area contributed by atoms with Gasteiger partial charge in [0.05, 0.1) is 5.52 Å². The van der Waals surface area contributed by atoms with Gasteiger partial charge < -0.3 is 9.73 Å². The van der Waals surface area contributed by atoms with E-state index in [0.717, 1.165) is 29.4 Å². The Morgan fingerprint density at radius 1 is 1.00 bits per heavy atom. The molecule has 4 aromatic rings. The lowest BCUT2D eigenvalue weighted by Crippen LogP contribution is -2.17. The van der Waals surface area contributed by atoms with Gasteiger partial charge in [-0.2, -0.15) is 0 Å². The molecule has 0 radical (unpaired) electrons. The molecule has 1 aliphatic carbocycles. The summed E-state index contributed by atoms with van der Waals surface area (Å²) in [4.78, 5) is 24.5. The minimum atomic E-state index is -0.380. The third-order valence-electron chi connectivity index (χ3n) is 5.51. The average Bonchev–Trinajstić information content (AvgIpc) is 3.26. The molecule has 0 saturated carbocycles. The van der Waals surface area contributed by atoms with E-state index in [1.165, 1.54) is 16.5 Å². The molecule has 0 atom stereocenters. The van der Waals surface area contributed by atoms with Crippen LogP contribution in [0.5, 0.6) is 0 Å². The first-order valence-electron chi connectivity index (χ1n) is 9.62. The molecule has 0 unspecified atom stereocenters. The molecule has 1 heterocycles. The zero-order chi connectivity index (χ0) is 19.1. The fourth-order valence-corrected chi connectivity index (χ4v) is 4.19. The highest BCUT2D eigenvalue weighted by molar-refractivity contribution is 6.05. The number of amides is 1. The molecule has 3 aromatic carbocycles. The highest BCUT2D eigenvalue weighted by atomic mass is 16.4. The molecule has 28 heavy (non-hydrogen) atoms. The Morgan fingerprint density at radius 2 is 1.82 bits per heavy atom. The molecule has 5 heteroatoms. The first kappa shape index (κ1) is 16.8. The van der Waals surface area contributed by atoms with E-state index in [2.05, 4.69) is 29.6 Å². The van der Waals surface area contributed by atoms with Crippen molar-refractivity contribution in [2.24, 2.45) is 0 Å². The largest absolute Gasteiger partial charge is 0.419 e. The lowest BCUT2D eigenvalue weighted by atomic mass is 10.0. The maximum Gasteiger partial charge on any atom is 0.419 e. The van der Waals surface area contributed by atoms with E-state index < -0.39 is 0 Å². The van der Waals surface area contributed by atoms with Gasteiger partial charge in [0.25, 0.3) is 0 Å². The zero-order valence-corrected chi connectivity index (χ0v) is 15.4. The molecule has 0 aliphatic heterocycles. The first-order chi connectivity index (χ1) is 13.7. The highest BCUT2D eigenvalue weighted by Crippen LogP contribution is 2.35. The lowest BCUT2D eigenvalue weighted by molar-refractivity contribution is -0.116. The van der Waals surface area contributed by atoms with Crippen molar-refractivity contribution in [3.05, 3.63) is 76.3 Å². The van der Waals surface area contributed by atoms with Crippen molar-refractivity contribution in [3.8, 4) is 0 Å². The van der Waals surface area contributed by atoms with Crippen molar-refractivity contribution in [2.75, 3.05) is 5.32 Å². The Balaban J connectivity index is 1.29. The smallest absolute Gasteiger partial charge is 0.408 e. The van der Waals surface area contributed by atoms with Gasteiger partial charge >= 0.3 is 5.76 Å². The van der Waals surface area contributed by atoms with E-state index in [4.69, 9.17) is 4.42 Å². The van der Waals surface area contributed by atoms with Crippen LogP contribution in [0, 0.1) is 0 Å². The molecule has 1 aliphatic rings. The molecule has 1 aromatic heterocycles. The summed E-state index contributed by atoms with van der Waals surface area (Å²) in [6, 6.07) is 17.7. The summed E-state index contributed by atoms with van der Waals surface area (Å²) >= 11 is 0. The minimum Gasteiger partial charge on any atom is -0.408 e. The Labute approximate surface area is 161 Å². The Morgan fingerprint density at radius 3 is 2.71 bits per heavy atom. The van der Waals surface area contributed by atoms with Crippen LogP contribution in [0.1, 0.15) is 24.0 Å². The van der Waals surface area contributed by atoms with Gasteiger partial charge in [-0.05, 0) is 54.0 Å². The minimum absolute atomic E-state index is 0.0421. The number of carbonyl (C=O) groups is 1. The monoisotopic (exact) mass is 372 g/mol. The van der Waals surface area contributed by atoms with Crippen LogP contribution in [0.4, 0.5) is 5.69 Å². The lowest BCUT2D eigenvalue weighted by Gasteiger charge is -2.11. The van der Waals surface area contributed by atoms with Crippen molar-refractivity contribution in [3.63, 3.8) is 0 Å².